The minimum absolute atomic E-state index is 0.167. The molecule has 0 aromatic heterocycles. The van der Waals surface area contributed by atoms with E-state index >= 15 is 0 Å². The lowest BCUT2D eigenvalue weighted by Gasteiger charge is -2.21. The van der Waals surface area contributed by atoms with Gasteiger partial charge >= 0.3 is 0 Å². The van der Waals surface area contributed by atoms with Gasteiger partial charge in [0.05, 0.1) is 0 Å². The molecule has 2 nitrogen and oxygen atoms in total. The van der Waals surface area contributed by atoms with Crippen molar-refractivity contribution in [2.75, 3.05) is 13.1 Å². The second-order valence-corrected chi connectivity index (χ2v) is 7.58. The molecule has 0 radical (unpaired) electrons. The van der Waals surface area contributed by atoms with Crippen LogP contribution in [0.5, 0.6) is 0 Å². The molecule has 1 saturated carbocycles. The van der Waals surface area contributed by atoms with Crippen molar-refractivity contribution in [3.8, 4) is 0 Å². The van der Waals surface area contributed by atoms with Crippen LogP contribution in [0, 0.1) is 29.6 Å². The topological polar surface area (TPSA) is 20.3 Å². The Morgan fingerprint density at radius 2 is 1.68 bits per heavy atom. The molecule has 2 heteroatoms. The van der Waals surface area contributed by atoms with Gasteiger partial charge in [-0.15, -0.1) is 0 Å². The number of carbonyl (C=O) groups excluding carboxylic acids is 1. The smallest absolute Gasteiger partial charge is 0.225 e. The second kappa shape index (κ2) is 6.28. The Labute approximate surface area is 118 Å². The Morgan fingerprint density at radius 3 is 2.16 bits per heavy atom. The summed E-state index contributed by atoms with van der Waals surface area (Å²) in [6.07, 6.45) is 6.96. The first-order valence-corrected chi connectivity index (χ1v) is 8.26. The van der Waals surface area contributed by atoms with Crippen LogP contribution in [-0.2, 0) is 4.79 Å². The summed E-state index contributed by atoms with van der Waals surface area (Å²) >= 11 is 0. The monoisotopic (exact) mass is 265 g/mol. The predicted molar refractivity (Wildman–Crippen MR) is 79.8 cm³/mol. The highest BCUT2D eigenvalue weighted by molar-refractivity contribution is 5.78. The zero-order chi connectivity index (χ0) is 14.0. The zero-order valence-electron chi connectivity index (χ0n) is 13.2. The van der Waals surface area contributed by atoms with Gasteiger partial charge in [-0.3, -0.25) is 4.79 Å². The van der Waals surface area contributed by atoms with Crippen molar-refractivity contribution in [1.82, 2.24) is 4.90 Å². The number of hydrogen-bond donors (Lipinski definition) is 0. The Bertz CT molecular complexity index is 296. The molecule has 19 heavy (non-hydrogen) atoms. The number of rotatable bonds is 5. The third-order valence-electron chi connectivity index (χ3n) is 5.05. The van der Waals surface area contributed by atoms with Crippen molar-refractivity contribution < 1.29 is 4.79 Å². The number of hydrogen-bond acceptors (Lipinski definition) is 1. The number of likely N-dealkylation sites (tertiary alicyclic amines) is 1. The van der Waals surface area contributed by atoms with Gasteiger partial charge in [-0.2, -0.15) is 0 Å². The van der Waals surface area contributed by atoms with E-state index < -0.39 is 0 Å². The van der Waals surface area contributed by atoms with Gasteiger partial charge in [0.1, 0.15) is 0 Å². The van der Waals surface area contributed by atoms with Crippen molar-refractivity contribution in [1.29, 1.82) is 0 Å². The van der Waals surface area contributed by atoms with Gasteiger partial charge in [-0.05, 0) is 36.5 Å². The lowest BCUT2D eigenvalue weighted by atomic mass is 9.96. The van der Waals surface area contributed by atoms with Crippen LogP contribution in [-0.4, -0.2) is 23.9 Å². The van der Waals surface area contributed by atoms with Gasteiger partial charge < -0.3 is 4.90 Å². The number of carbonyl (C=O) groups is 1. The largest absolute Gasteiger partial charge is 0.342 e. The summed E-state index contributed by atoms with van der Waals surface area (Å²) in [7, 11) is 0. The molecule has 1 aliphatic carbocycles. The summed E-state index contributed by atoms with van der Waals surface area (Å²) in [5.74, 6) is 3.95. The summed E-state index contributed by atoms with van der Waals surface area (Å²) in [4.78, 5) is 14.2. The standard InChI is InChI=1S/C17H31NO/c1-12(2)6-5-7-14-8-15-10-18(11-16(15)9-14)17(19)13(3)4/h12-16H,5-11H2,1-4H3. The summed E-state index contributed by atoms with van der Waals surface area (Å²) < 4.78 is 0. The maximum Gasteiger partial charge on any atom is 0.225 e. The van der Waals surface area contributed by atoms with E-state index in [4.69, 9.17) is 0 Å². The van der Waals surface area contributed by atoms with E-state index in [0.29, 0.717) is 5.91 Å². The maximum absolute atomic E-state index is 12.0. The molecule has 2 atom stereocenters. The van der Waals surface area contributed by atoms with E-state index in [9.17, 15) is 4.79 Å². The SMILES string of the molecule is CC(C)CCCC1CC2CN(C(=O)C(C)C)CC2C1. The van der Waals surface area contributed by atoms with Gasteiger partial charge in [0.25, 0.3) is 0 Å². The van der Waals surface area contributed by atoms with Gasteiger partial charge in [-0.1, -0.05) is 47.0 Å². The molecule has 0 bridgehead atoms. The average Bonchev–Trinajstić information content (AvgIpc) is 2.84. The highest BCUT2D eigenvalue weighted by Crippen LogP contribution is 2.43. The van der Waals surface area contributed by atoms with Gasteiger partial charge in [0, 0.05) is 19.0 Å². The second-order valence-electron chi connectivity index (χ2n) is 7.58. The third-order valence-corrected chi connectivity index (χ3v) is 5.05. The van der Waals surface area contributed by atoms with Crippen LogP contribution in [0.25, 0.3) is 0 Å². The number of fused-ring (bicyclic) bond motifs is 1. The normalized spacial score (nSPS) is 30.4. The van der Waals surface area contributed by atoms with E-state index in [1.165, 1.54) is 32.1 Å². The highest BCUT2D eigenvalue weighted by atomic mass is 16.2. The Hall–Kier alpha value is -0.530. The fourth-order valence-corrected chi connectivity index (χ4v) is 4.02. The van der Waals surface area contributed by atoms with Crippen molar-refractivity contribution in [3.63, 3.8) is 0 Å². The Morgan fingerprint density at radius 1 is 1.11 bits per heavy atom. The molecule has 0 N–H and O–H groups in total. The van der Waals surface area contributed by atoms with Crippen LogP contribution in [0.15, 0.2) is 0 Å². The van der Waals surface area contributed by atoms with Gasteiger partial charge in [0.15, 0.2) is 0 Å². The summed E-state index contributed by atoms with van der Waals surface area (Å²) in [5, 5.41) is 0. The molecular formula is C17H31NO. The van der Waals surface area contributed by atoms with Crippen LogP contribution in [0.2, 0.25) is 0 Å². The molecule has 2 fully saturated rings. The van der Waals surface area contributed by atoms with Crippen LogP contribution in [0.3, 0.4) is 0 Å². The lowest BCUT2D eigenvalue weighted by Crippen LogP contribution is -2.33. The molecule has 2 unspecified atom stereocenters. The number of amides is 1. The molecule has 2 aliphatic rings. The lowest BCUT2D eigenvalue weighted by molar-refractivity contribution is -0.133. The number of nitrogens with zero attached hydrogens (tertiary/aromatic N) is 1. The fourth-order valence-electron chi connectivity index (χ4n) is 4.02. The van der Waals surface area contributed by atoms with E-state index in [-0.39, 0.29) is 5.92 Å². The molecule has 2 rings (SSSR count). The van der Waals surface area contributed by atoms with Gasteiger partial charge in [0.2, 0.25) is 5.91 Å². The molecule has 0 aromatic carbocycles. The van der Waals surface area contributed by atoms with Crippen molar-refractivity contribution in [2.24, 2.45) is 29.6 Å². The first-order chi connectivity index (χ1) is 8.97. The first-order valence-electron chi connectivity index (χ1n) is 8.26. The van der Waals surface area contributed by atoms with Crippen LogP contribution >= 0.6 is 0 Å². The molecule has 0 spiro atoms. The van der Waals surface area contributed by atoms with Crippen molar-refractivity contribution in [2.45, 2.75) is 59.8 Å². The van der Waals surface area contributed by atoms with E-state index in [0.717, 1.165) is 36.8 Å². The van der Waals surface area contributed by atoms with Crippen molar-refractivity contribution >= 4 is 5.91 Å². The Balaban J connectivity index is 1.73. The summed E-state index contributed by atoms with van der Waals surface area (Å²) in [6.45, 7) is 10.8. The van der Waals surface area contributed by atoms with E-state index in [1.54, 1.807) is 0 Å². The third kappa shape index (κ3) is 3.73. The fraction of sp³-hybridized carbons (Fsp3) is 0.941. The molecule has 0 aromatic rings. The maximum atomic E-state index is 12.0. The van der Waals surface area contributed by atoms with E-state index in [1.807, 2.05) is 13.8 Å². The van der Waals surface area contributed by atoms with Crippen molar-refractivity contribution in [3.05, 3.63) is 0 Å². The first kappa shape index (κ1) is 14.9. The molecule has 1 heterocycles. The van der Waals surface area contributed by atoms with Crippen LogP contribution in [0.1, 0.15) is 59.8 Å². The predicted octanol–water partition coefficient (Wildman–Crippen LogP) is 3.95. The zero-order valence-corrected chi connectivity index (χ0v) is 13.2. The summed E-state index contributed by atoms with van der Waals surface area (Å²) in [6, 6.07) is 0. The molecule has 1 saturated heterocycles. The summed E-state index contributed by atoms with van der Waals surface area (Å²) in [5.41, 5.74) is 0. The molecule has 1 amide bonds. The molecule has 110 valence electrons. The minimum Gasteiger partial charge on any atom is -0.342 e. The Kier molecular flexibility index (Phi) is 4.92. The molecular weight excluding hydrogens is 234 g/mol. The molecule has 1 aliphatic heterocycles. The quantitative estimate of drug-likeness (QED) is 0.737. The minimum atomic E-state index is 0.167. The average molecular weight is 265 g/mol. The van der Waals surface area contributed by atoms with Crippen LogP contribution in [0.4, 0.5) is 0 Å². The van der Waals surface area contributed by atoms with Crippen LogP contribution < -0.4 is 0 Å². The van der Waals surface area contributed by atoms with Gasteiger partial charge in [-0.25, -0.2) is 0 Å². The van der Waals surface area contributed by atoms with E-state index in [2.05, 4.69) is 18.7 Å². The highest BCUT2D eigenvalue weighted by Gasteiger charge is 2.42.